The number of hydrogen-bond donors (Lipinski definition) is 1. The molecule has 0 aliphatic carbocycles. The van der Waals surface area contributed by atoms with Crippen LogP contribution in [-0.4, -0.2) is 38.4 Å². The maximum absolute atomic E-state index is 12.2. The third kappa shape index (κ3) is 3.00. The van der Waals surface area contributed by atoms with Crippen LogP contribution >= 0.6 is 0 Å². The largest absolute Gasteiger partial charge is 0.469 e. The number of hydrogen-bond acceptors (Lipinski definition) is 6. The van der Waals surface area contributed by atoms with E-state index in [-0.39, 0.29) is 5.97 Å². The number of nitrogens with one attached hydrogen (secondary N) is 1. The van der Waals surface area contributed by atoms with Gasteiger partial charge in [-0.05, 0) is 39.8 Å². The van der Waals surface area contributed by atoms with Gasteiger partial charge in [0.2, 0.25) is 0 Å². The number of rotatable bonds is 5. The minimum Gasteiger partial charge on any atom is -0.469 e. The molecule has 3 rings (SSSR count). The van der Waals surface area contributed by atoms with Crippen LogP contribution in [-0.2, 0) is 9.53 Å². The van der Waals surface area contributed by atoms with Crippen molar-refractivity contribution in [2.75, 3.05) is 12.4 Å². The molecule has 7 nitrogen and oxygen atoms in total. The van der Waals surface area contributed by atoms with Crippen LogP contribution in [0, 0.1) is 5.41 Å². The highest BCUT2D eigenvalue weighted by Gasteiger charge is 2.44. The Kier molecular flexibility index (Phi) is 4.39. The normalized spacial score (nSPS) is 12.2. The summed E-state index contributed by atoms with van der Waals surface area (Å²) in [5, 5.41) is 16.4. The standard InChI is InChI=1S/C19H23N5O2/c1-18(2,17(25)26-5)19(3,4)20-14-11-12-15-21-22-16(24(15)23-14)13-9-7-6-8-10-13/h6-12H,1-5H3,(H,20,23). The van der Waals surface area contributed by atoms with E-state index in [9.17, 15) is 4.79 Å². The number of benzene rings is 1. The molecule has 0 spiro atoms. The van der Waals surface area contributed by atoms with Gasteiger partial charge in [-0.15, -0.1) is 15.3 Å². The fourth-order valence-electron chi connectivity index (χ4n) is 2.61. The lowest BCUT2D eigenvalue weighted by Gasteiger charge is -2.40. The number of carbonyl (C=O) groups is 1. The molecule has 0 fully saturated rings. The molecule has 0 saturated carbocycles. The number of aromatic nitrogens is 4. The zero-order valence-corrected chi connectivity index (χ0v) is 15.6. The molecule has 0 aliphatic rings. The van der Waals surface area contributed by atoms with Crippen molar-refractivity contribution in [3.05, 3.63) is 42.5 Å². The van der Waals surface area contributed by atoms with Crippen LogP contribution in [0.15, 0.2) is 42.5 Å². The van der Waals surface area contributed by atoms with Gasteiger partial charge >= 0.3 is 5.97 Å². The third-order valence-corrected chi connectivity index (χ3v) is 4.99. The number of fused-ring (bicyclic) bond motifs is 1. The quantitative estimate of drug-likeness (QED) is 0.710. The Bertz CT molecular complexity index is 932. The molecular formula is C19H23N5O2. The summed E-state index contributed by atoms with van der Waals surface area (Å²) in [4.78, 5) is 12.2. The average molecular weight is 353 g/mol. The highest BCUT2D eigenvalue weighted by atomic mass is 16.5. The summed E-state index contributed by atoms with van der Waals surface area (Å²) >= 11 is 0. The van der Waals surface area contributed by atoms with E-state index in [1.54, 1.807) is 4.52 Å². The van der Waals surface area contributed by atoms with E-state index in [1.165, 1.54) is 7.11 Å². The molecule has 1 aromatic carbocycles. The van der Waals surface area contributed by atoms with E-state index in [2.05, 4.69) is 20.6 Å². The molecule has 0 aliphatic heterocycles. The molecule has 0 saturated heterocycles. The van der Waals surface area contributed by atoms with Gasteiger partial charge in [-0.1, -0.05) is 30.3 Å². The first kappa shape index (κ1) is 17.8. The molecule has 0 atom stereocenters. The van der Waals surface area contributed by atoms with Crippen LogP contribution in [0.5, 0.6) is 0 Å². The molecule has 2 aromatic heterocycles. The highest BCUT2D eigenvalue weighted by molar-refractivity contribution is 5.78. The first-order valence-corrected chi connectivity index (χ1v) is 8.41. The van der Waals surface area contributed by atoms with Gasteiger partial charge in [-0.2, -0.15) is 4.52 Å². The molecule has 0 radical (unpaired) electrons. The number of methoxy groups -OCH3 is 1. The SMILES string of the molecule is COC(=O)C(C)(C)C(C)(C)Nc1ccc2nnc(-c3ccccc3)n2n1. The predicted octanol–water partition coefficient (Wildman–Crippen LogP) is 3.18. The first-order valence-electron chi connectivity index (χ1n) is 8.41. The van der Waals surface area contributed by atoms with Gasteiger partial charge < -0.3 is 10.1 Å². The number of ether oxygens (including phenoxy) is 1. The summed E-state index contributed by atoms with van der Waals surface area (Å²) in [6.07, 6.45) is 0. The lowest BCUT2D eigenvalue weighted by atomic mass is 9.74. The molecule has 1 N–H and O–H groups in total. The molecule has 3 aromatic rings. The van der Waals surface area contributed by atoms with Crippen molar-refractivity contribution in [3.8, 4) is 11.4 Å². The maximum atomic E-state index is 12.2. The number of anilines is 1. The van der Waals surface area contributed by atoms with E-state index < -0.39 is 11.0 Å². The van der Waals surface area contributed by atoms with E-state index in [0.717, 1.165) is 5.56 Å². The Morgan fingerprint density at radius 2 is 1.73 bits per heavy atom. The van der Waals surface area contributed by atoms with Crippen LogP contribution < -0.4 is 5.32 Å². The zero-order valence-electron chi connectivity index (χ0n) is 15.6. The monoisotopic (exact) mass is 353 g/mol. The summed E-state index contributed by atoms with van der Waals surface area (Å²) < 4.78 is 6.64. The van der Waals surface area contributed by atoms with Gasteiger partial charge in [0.1, 0.15) is 5.82 Å². The predicted molar refractivity (Wildman–Crippen MR) is 99.7 cm³/mol. The molecule has 0 amide bonds. The molecule has 26 heavy (non-hydrogen) atoms. The molecule has 2 heterocycles. The van der Waals surface area contributed by atoms with Gasteiger partial charge in [0.15, 0.2) is 11.5 Å². The zero-order chi connectivity index (χ0) is 18.9. The fraction of sp³-hybridized carbons (Fsp3) is 0.368. The Morgan fingerprint density at radius 1 is 1.04 bits per heavy atom. The minimum atomic E-state index is -0.756. The number of carbonyl (C=O) groups excluding carboxylic acids is 1. The number of nitrogens with zero attached hydrogens (tertiary/aromatic N) is 4. The molecule has 136 valence electrons. The van der Waals surface area contributed by atoms with Crippen LogP contribution in [0.3, 0.4) is 0 Å². The smallest absolute Gasteiger partial charge is 0.313 e. The molecular weight excluding hydrogens is 330 g/mol. The Balaban J connectivity index is 1.98. The van der Waals surface area contributed by atoms with Crippen LogP contribution in [0.4, 0.5) is 5.82 Å². The Morgan fingerprint density at radius 3 is 2.38 bits per heavy atom. The first-order chi connectivity index (χ1) is 12.3. The summed E-state index contributed by atoms with van der Waals surface area (Å²) in [5.41, 5.74) is 0.230. The van der Waals surface area contributed by atoms with E-state index in [1.807, 2.05) is 70.2 Å². The average Bonchev–Trinajstić information content (AvgIpc) is 3.04. The Hall–Kier alpha value is -2.96. The summed E-state index contributed by atoms with van der Waals surface area (Å²) in [7, 11) is 1.40. The van der Waals surface area contributed by atoms with Gasteiger partial charge in [0.05, 0.1) is 12.5 Å². The number of esters is 1. The lowest BCUT2D eigenvalue weighted by Crippen LogP contribution is -2.51. The van der Waals surface area contributed by atoms with Crippen molar-refractivity contribution in [2.45, 2.75) is 33.2 Å². The third-order valence-electron chi connectivity index (χ3n) is 4.99. The van der Waals surface area contributed by atoms with Gasteiger partial charge in [-0.25, -0.2) is 0 Å². The second kappa shape index (κ2) is 6.40. The maximum Gasteiger partial charge on any atom is 0.313 e. The van der Waals surface area contributed by atoms with Crippen LogP contribution in [0.1, 0.15) is 27.7 Å². The van der Waals surface area contributed by atoms with Gasteiger partial charge in [0, 0.05) is 11.1 Å². The van der Waals surface area contributed by atoms with Crippen molar-refractivity contribution in [1.82, 2.24) is 19.8 Å². The van der Waals surface area contributed by atoms with Crippen molar-refractivity contribution < 1.29 is 9.53 Å². The van der Waals surface area contributed by atoms with Crippen LogP contribution in [0.25, 0.3) is 17.0 Å². The van der Waals surface area contributed by atoms with Crippen molar-refractivity contribution >= 4 is 17.4 Å². The second-order valence-electron chi connectivity index (χ2n) is 7.24. The summed E-state index contributed by atoms with van der Waals surface area (Å²) in [6, 6.07) is 13.4. The molecule has 0 bridgehead atoms. The van der Waals surface area contributed by atoms with Crippen LogP contribution in [0.2, 0.25) is 0 Å². The topological polar surface area (TPSA) is 81.4 Å². The van der Waals surface area contributed by atoms with Gasteiger partial charge in [0.25, 0.3) is 0 Å². The fourth-order valence-corrected chi connectivity index (χ4v) is 2.61. The second-order valence-corrected chi connectivity index (χ2v) is 7.24. The van der Waals surface area contributed by atoms with E-state index in [0.29, 0.717) is 17.3 Å². The lowest BCUT2D eigenvalue weighted by molar-refractivity contribution is -0.153. The van der Waals surface area contributed by atoms with Crippen molar-refractivity contribution in [2.24, 2.45) is 5.41 Å². The molecule has 0 unspecified atom stereocenters. The minimum absolute atomic E-state index is 0.287. The van der Waals surface area contributed by atoms with E-state index in [4.69, 9.17) is 4.74 Å². The summed E-state index contributed by atoms with van der Waals surface area (Å²) in [5.74, 6) is 0.996. The molecule has 7 heteroatoms. The summed E-state index contributed by atoms with van der Waals surface area (Å²) in [6.45, 7) is 7.58. The van der Waals surface area contributed by atoms with Gasteiger partial charge in [-0.3, -0.25) is 4.79 Å². The van der Waals surface area contributed by atoms with Crippen molar-refractivity contribution in [3.63, 3.8) is 0 Å². The highest BCUT2D eigenvalue weighted by Crippen LogP contribution is 2.34. The Labute approximate surface area is 152 Å². The van der Waals surface area contributed by atoms with Crippen molar-refractivity contribution in [1.29, 1.82) is 0 Å². The van der Waals surface area contributed by atoms with E-state index >= 15 is 0 Å².